The fourth-order valence-electron chi connectivity index (χ4n) is 3.43. The van der Waals surface area contributed by atoms with Gasteiger partial charge in [-0.3, -0.25) is 19.8 Å². The number of hydrazine groups is 1. The van der Waals surface area contributed by atoms with Crippen LogP contribution >= 0.6 is 27.5 Å². The summed E-state index contributed by atoms with van der Waals surface area (Å²) in [5, 5.41) is 4.48. The lowest BCUT2D eigenvalue weighted by Gasteiger charge is -2.15. The van der Waals surface area contributed by atoms with Crippen LogP contribution in [0.15, 0.2) is 76.8 Å². The summed E-state index contributed by atoms with van der Waals surface area (Å²) < 4.78 is 11.9. The van der Waals surface area contributed by atoms with Gasteiger partial charge in [-0.05, 0) is 83.0 Å². The van der Waals surface area contributed by atoms with Crippen LogP contribution in [-0.2, 0) is 14.4 Å². The van der Waals surface area contributed by atoms with E-state index in [1.54, 1.807) is 60.7 Å². The Morgan fingerprint density at radius 3 is 2.50 bits per heavy atom. The molecule has 2 N–H and O–H groups in total. The summed E-state index contributed by atoms with van der Waals surface area (Å²) in [6.45, 7) is 1.87. The molecule has 1 aliphatic rings. The number of carbonyl (C=O) groups excluding carboxylic acids is 3. The molecule has 184 valence electrons. The molecule has 0 bridgehead atoms. The summed E-state index contributed by atoms with van der Waals surface area (Å²) in [4.78, 5) is 37.8. The molecule has 1 heterocycles. The minimum absolute atomic E-state index is 0.0239. The number of rotatable bonds is 8. The van der Waals surface area contributed by atoms with E-state index in [1.807, 2.05) is 13.0 Å². The van der Waals surface area contributed by atoms with Crippen molar-refractivity contribution in [1.29, 1.82) is 0 Å². The number of nitrogens with zero attached hydrogens (tertiary/aromatic N) is 1. The monoisotopic (exact) mass is 569 g/mol. The number of amides is 3. The zero-order valence-corrected chi connectivity index (χ0v) is 21.4. The van der Waals surface area contributed by atoms with Gasteiger partial charge in [0.1, 0.15) is 5.57 Å². The molecular formula is C26H21BrClN3O5. The Bertz CT molecular complexity index is 1330. The number of nitrogens with one attached hydrogen (secondary N) is 2. The zero-order valence-electron chi connectivity index (χ0n) is 19.1. The second kappa shape index (κ2) is 11.3. The van der Waals surface area contributed by atoms with E-state index in [1.165, 1.54) is 11.1 Å². The van der Waals surface area contributed by atoms with Crippen LogP contribution in [0.4, 0.5) is 11.4 Å². The third-order valence-electron chi connectivity index (χ3n) is 5.02. The number of halogens is 2. The van der Waals surface area contributed by atoms with E-state index in [2.05, 4.69) is 26.7 Å². The molecule has 1 aliphatic heterocycles. The summed E-state index contributed by atoms with van der Waals surface area (Å²) >= 11 is 9.31. The van der Waals surface area contributed by atoms with Crippen LogP contribution in [0.5, 0.6) is 11.5 Å². The van der Waals surface area contributed by atoms with Crippen molar-refractivity contribution in [3.63, 3.8) is 0 Å². The number of carbonyl (C=O) groups is 3. The first-order chi connectivity index (χ1) is 17.4. The maximum absolute atomic E-state index is 12.9. The highest BCUT2D eigenvalue weighted by Crippen LogP contribution is 2.38. The summed E-state index contributed by atoms with van der Waals surface area (Å²) in [6, 6.07) is 18.8. The lowest BCUT2D eigenvalue weighted by molar-refractivity contribution is -0.118. The average Bonchev–Trinajstić information content (AvgIpc) is 3.14. The van der Waals surface area contributed by atoms with Crippen LogP contribution in [0.2, 0.25) is 5.02 Å². The van der Waals surface area contributed by atoms with Crippen LogP contribution in [0.25, 0.3) is 6.08 Å². The van der Waals surface area contributed by atoms with Gasteiger partial charge in [0.25, 0.3) is 17.7 Å². The highest BCUT2D eigenvalue weighted by molar-refractivity contribution is 9.10. The fourth-order valence-corrected chi connectivity index (χ4v) is 4.13. The predicted octanol–water partition coefficient (Wildman–Crippen LogP) is 4.98. The van der Waals surface area contributed by atoms with Gasteiger partial charge in [-0.15, -0.1) is 0 Å². The molecule has 3 amide bonds. The zero-order chi connectivity index (χ0) is 25.7. The molecule has 0 unspecified atom stereocenters. The minimum Gasteiger partial charge on any atom is -0.490 e. The second-order valence-corrected chi connectivity index (χ2v) is 8.87. The highest BCUT2D eigenvalue weighted by Gasteiger charge is 2.34. The second-order valence-electron chi connectivity index (χ2n) is 7.58. The van der Waals surface area contributed by atoms with Gasteiger partial charge in [0.2, 0.25) is 0 Å². The topological polar surface area (TPSA) is 97.0 Å². The molecule has 4 rings (SSSR count). The molecule has 8 nitrogen and oxygen atoms in total. The van der Waals surface area contributed by atoms with Gasteiger partial charge < -0.3 is 14.8 Å². The van der Waals surface area contributed by atoms with Crippen LogP contribution in [-0.4, -0.2) is 30.9 Å². The first-order valence-electron chi connectivity index (χ1n) is 10.9. The van der Waals surface area contributed by atoms with Crippen molar-refractivity contribution in [2.24, 2.45) is 0 Å². The van der Waals surface area contributed by atoms with E-state index in [-0.39, 0.29) is 18.1 Å². The smallest absolute Gasteiger partial charge is 0.282 e. The van der Waals surface area contributed by atoms with E-state index >= 15 is 0 Å². The molecule has 0 aliphatic carbocycles. The Morgan fingerprint density at radius 1 is 1.08 bits per heavy atom. The molecule has 1 fully saturated rings. The molecule has 0 saturated carbocycles. The molecule has 3 aromatic carbocycles. The van der Waals surface area contributed by atoms with Gasteiger partial charge in [-0.1, -0.05) is 29.8 Å². The number of ether oxygens (including phenoxy) is 2. The maximum Gasteiger partial charge on any atom is 0.282 e. The molecule has 10 heteroatoms. The van der Waals surface area contributed by atoms with E-state index in [0.717, 1.165) is 0 Å². The Morgan fingerprint density at radius 2 is 1.81 bits per heavy atom. The normalized spacial score (nSPS) is 14.1. The maximum atomic E-state index is 12.9. The van der Waals surface area contributed by atoms with Crippen molar-refractivity contribution in [2.75, 3.05) is 23.5 Å². The molecule has 0 atom stereocenters. The Labute approximate surface area is 220 Å². The molecular weight excluding hydrogens is 550 g/mol. The SMILES string of the molecule is CCOc1cc(/C=C2/C(=O)NN(c3ccccc3)C2=O)cc(Br)c1OCC(=O)Nc1ccc(Cl)cc1. The molecule has 0 radical (unpaired) electrons. The molecule has 0 spiro atoms. The fraction of sp³-hybridized carbons (Fsp3) is 0.115. The van der Waals surface area contributed by atoms with Crippen molar-refractivity contribution < 1.29 is 23.9 Å². The van der Waals surface area contributed by atoms with Crippen molar-refractivity contribution in [3.05, 3.63) is 87.4 Å². The lowest BCUT2D eigenvalue weighted by atomic mass is 10.1. The largest absolute Gasteiger partial charge is 0.490 e. The number of benzene rings is 3. The Balaban J connectivity index is 1.52. The van der Waals surface area contributed by atoms with Crippen molar-refractivity contribution >= 4 is 62.7 Å². The van der Waals surface area contributed by atoms with Crippen LogP contribution in [0.3, 0.4) is 0 Å². The minimum atomic E-state index is -0.517. The highest BCUT2D eigenvalue weighted by atomic mass is 79.9. The van der Waals surface area contributed by atoms with Crippen LogP contribution in [0.1, 0.15) is 12.5 Å². The van der Waals surface area contributed by atoms with Crippen molar-refractivity contribution in [3.8, 4) is 11.5 Å². The van der Waals surface area contributed by atoms with Crippen LogP contribution in [0, 0.1) is 0 Å². The molecule has 1 saturated heterocycles. The van der Waals surface area contributed by atoms with Gasteiger partial charge in [0.15, 0.2) is 18.1 Å². The summed E-state index contributed by atoms with van der Waals surface area (Å²) in [5.41, 5.74) is 4.22. The van der Waals surface area contributed by atoms with E-state index in [0.29, 0.717) is 44.5 Å². The number of hydrogen-bond donors (Lipinski definition) is 2. The van der Waals surface area contributed by atoms with Gasteiger partial charge >= 0.3 is 0 Å². The number of hydrogen-bond acceptors (Lipinski definition) is 5. The summed E-state index contributed by atoms with van der Waals surface area (Å²) in [5.74, 6) is -0.689. The quantitative estimate of drug-likeness (QED) is 0.294. The van der Waals surface area contributed by atoms with Gasteiger partial charge in [-0.2, -0.15) is 0 Å². The standard InChI is InChI=1S/C26H21BrClN3O5/c1-2-35-22-14-16(12-20-25(33)30-31(26(20)34)19-6-4-3-5-7-19)13-21(27)24(22)36-15-23(32)29-18-10-8-17(28)9-11-18/h3-14H,2,15H2,1H3,(H,29,32)(H,30,33)/b20-12-. The first-order valence-corrected chi connectivity index (χ1v) is 12.1. The average molecular weight is 571 g/mol. The third kappa shape index (κ3) is 5.87. The Kier molecular flexibility index (Phi) is 7.92. The van der Waals surface area contributed by atoms with E-state index in [4.69, 9.17) is 21.1 Å². The van der Waals surface area contributed by atoms with Crippen molar-refractivity contribution in [2.45, 2.75) is 6.92 Å². The molecule has 36 heavy (non-hydrogen) atoms. The number of anilines is 2. The molecule has 3 aromatic rings. The van der Waals surface area contributed by atoms with Gasteiger partial charge in [-0.25, -0.2) is 5.01 Å². The first kappa shape index (κ1) is 25.3. The summed E-state index contributed by atoms with van der Waals surface area (Å²) in [6.07, 6.45) is 1.48. The van der Waals surface area contributed by atoms with E-state index in [9.17, 15) is 14.4 Å². The Hall–Kier alpha value is -3.82. The lowest BCUT2D eigenvalue weighted by Crippen LogP contribution is -2.35. The molecule has 0 aromatic heterocycles. The third-order valence-corrected chi connectivity index (χ3v) is 5.87. The van der Waals surface area contributed by atoms with Crippen molar-refractivity contribution in [1.82, 2.24) is 5.43 Å². The van der Waals surface area contributed by atoms with E-state index < -0.39 is 11.8 Å². The van der Waals surface area contributed by atoms with Gasteiger partial charge in [0, 0.05) is 10.7 Å². The van der Waals surface area contributed by atoms with Gasteiger partial charge in [0.05, 0.1) is 16.8 Å². The predicted molar refractivity (Wildman–Crippen MR) is 141 cm³/mol. The summed E-state index contributed by atoms with van der Waals surface area (Å²) in [7, 11) is 0. The van der Waals surface area contributed by atoms with Crippen LogP contribution < -0.4 is 25.2 Å². The number of para-hydroxylation sites is 1.